The van der Waals surface area contributed by atoms with Gasteiger partial charge < -0.3 is 20.4 Å². The van der Waals surface area contributed by atoms with Crippen molar-refractivity contribution in [2.75, 3.05) is 0 Å². The molecule has 0 amide bonds. The van der Waals surface area contributed by atoms with Gasteiger partial charge >= 0.3 is 5.97 Å². The second-order valence-corrected chi connectivity index (χ2v) is 12.7. The summed E-state index contributed by atoms with van der Waals surface area (Å²) in [7, 11) is 0. The van der Waals surface area contributed by atoms with Crippen LogP contribution in [0.3, 0.4) is 0 Å². The number of fused-ring (bicyclic) bond motifs is 5. The van der Waals surface area contributed by atoms with E-state index in [9.17, 15) is 25.2 Å². The predicted octanol–water partition coefficient (Wildman–Crippen LogP) is 4.47. The van der Waals surface area contributed by atoms with Gasteiger partial charge in [0.2, 0.25) is 0 Å². The van der Waals surface area contributed by atoms with Gasteiger partial charge in [-0.25, -0.2) is 0 Å². The molecule has 0 aromatic carbocycles. The van der Waals surface area contributed by atoms with E-state index in [1.165, 1.54) is 0 Å². The van der Waals surface area contributed by atoms with E-state index in [2.05, 4.69) is 20.8 Å². The van der Waals surface area contributed by atoms with Gasteiger partial charge in [-0.3, -0.25) is 4.79 Å². The summed E-state index contributed by atoms with van der Waals surface area (Å²) >= 11 is 0. The molecule has 5 heteroatoms. The molecule has 0 spiro atoms. The van der Waals surface area contributed by atoms with Gasteiger partial charge in [-0.15, -0.1) is 0 Å². The van der Waals surface area contributed by atoms with Crippen molar-refractivity contribution in [1.82, 2.24) is 0 Å². The molecule has 0 aromatic heterocycles. The normalized spacial score (nSPS) is 50.1. The molecule has 0 radical (unpaired) electrons. The molecule has 4 aliphatic rings. The second kappa shape index (κ2) is 8.85. The topological polar surface area (TPSA) is 98.0 Å². The van der Waals surface area contributed by atoms with Crippen LogP contribution in [-0.4, -0.2) is 44.7 Å². The summed E-state index contributed by atoms with van der Waals surface area (Å²) in [6.07, 6.45) is 8.11. The lowest BCUT2D eigenvalue weighted by Crippen LogP contribution is -2.62. The first-order valence-corrected chi connectivity index (χ1v) is 13.3. The molecule has 4 N–H and O–H groups in total. The minimum absolute atomic E-state index is 0.113. The molecule has 4 aliphatic carbocycles. The highest BCUT2D eigenvalue weighted by Gasteiger charge is 2.65. The molecule has 4 saturated carbocycles. The second-order valence-electron chi connectivity index (χ2n) is 12.7. The van der Waals surface area contributed by atoms with Crippen molar-refractivity contribution in [1.29, 1.82) is 0 Å². The van der Waals surface area contributed by atoms with E-state index in [-0.39, 0.29) is 41.0 Å². The number of aliphatic carboxylic acids is 1. The Bertz CT molecular complexity index is 696. The average Bonchev–Trinajstić information content (AvgIpc) is 3.08. The van der Waals surface area contributed by atoms with E-state index in [4.69, 9.17) is 0 Å². The third-order valence-electron chi connectivity index (χ3n) is 11.2. The number of aliphatic hydroxyl groups is 3. The zero-order chi connectivity index (χ0) is 23.4. The monoisotopic (exact) mass is 450 g/mol. The van der Waals surface area contributed by atoms with E-state index < -0.39 is 5.97 Å². The van der Waals surface area contributed by atoms with Crippen molar-refractivity contribution in [3.05, 3.63) is 0 Å². The molecule has 0 bridgehead atoms. The zero-order valence-corrected chi connectivity index (χ0v) is 20.5. The number of carboxylic acids is 1. The van der Waals surface area contributed by atoms with E-state index in [0.717, 1.165) is 57.8 Å². The summed E-state index contributed by atoms with van der Waals surface area (Å²) in [4.78, 5) is 11.2. The van der Waals surface area contributed by atoms with Crippen LogP contribution in [0.4, 0.5) is 0 Å². The Morgan fingerprint density at radius 2 is 1.69 bits per heavy atom. The quantitative estimate of drug-likeness (QED) is 0.478. The van der Waals surface area contributed by atoms with E-state index >= 15 is 0 Å². The molecule has 32 heavy (non-hydrogen) atoms. The van der Waals surface area contributed by atoms with Gasteiger partial charge in [-0.2, -0.15) is 0 Å². The maximum Gasteiger partial charge on any atom is 0.306 e. The number of carbonyl (C=O) groups is 1. The summed E-state index contributed by atoms with van der Waals surface area (Å²) in [5.74, 6) is 1.16. The third-order valence-corrected chi connectivity index (χ3v) is 11.2. The summed E-state index contributed by atoms with van der Waals surface area (Å²) in [6, 6.07) is 0. The van der Waals surface area contributed by atoms with Gasteiger partial charge in [0.1, 0.15) is 0 Å². The fourth-order valence-electron chi connectivity index (χ4n) is 9.20. The number of carboxylic acid groups (broad SMARTS) is 1. The average molecular weight is 451 g/mol. The largest absolute Gasteiger partial charge is 0.481 e. The molecule has 4 fully saturated rings. The van der Waals surface area contributed by atoms with Gasteiger partial charge in [0.25, 0.3) is 0 Å². The first-order valence-electron chi connectivity index (χ1n) is 13.3. The van der Waals surface area contributed by atoms with Crippen molar-refractivity contribution < 1.29 is 25.2 Å². The van der Waals surface area contributed by atoms with Crippen LogP contribution in [0.15, 0.2) is 0 Å². The van der Waals surface area contributed by atoms with Crippen LogP contribution < -0.4 is 0 Å². The molecular formula is C27H46O5. The number of hydrogen-bond donors (Lipinski definition) is 4. The summed E-state index contributed by atoms with van der Waals surface area (Å²) in [5.41, 5.74) is -0.0561. The molecule has 0 aromatic rings. The lowest BCUT2D eigenvalue weighted by Gasteiger charge is -2.63. The molecule has 184 valence electrons. The SMILES string of the molecule is CC(CCC[C@@H](C)[C@H]1CCC2C3C(O)CC4CC(O)CC[C@]4(C)C3CC(O)[C@@]21C)C(=O)O. The van der Waals surface area contributed by atoms with Crippen molar-refractivity contribution >= 4 is 5.97 Å². The van der Waals surface area contributed by atoms with Gasteiger partial charge in [0.05, 0.1) is 24.2 Å². The van der Waals surface area contributed by atoms with Crippen LogP contribution in [0.25, 0.3) is 0 Å². The molecule has 5 nitrogen and oxygen atoms in total. The minimum Gasteiger partial charge on any atom is -0.481 e. The van der Waals surface area contributed by atoms with E-state index in [1.807, 2.05) is 0 Å². The van der Waals surface area contributed by atoms with Gasteiger partial charge in [0.15, 0.2) is 0 Å². The highest BCUT2D eigenvalue weighted by molar-refractivity contribution is 5.69. The first-order chi connectivity index (χ1) is 15.0. The van der Waals surface area contributed by atoms with E-state index in [1.54, 1.807) is 6.92 Å². The molecular weight excluding hydrogens is 404 g/mol. The number of aliphatic hydroxyl groups excluding tert-OH is 3. The molecule has 8 unspecified atom stereocenters. The Kier molecular flexibility index (Phi) is 6.77. The van der Waals surface area contributed by atoms with E-state index in [0.29, 0.717) is 36.0 Å². The molecule has 4 rings (SSSR count). The Hall–Kier alpha value is -0.650. The lowest BCUT2D eigenvalue weighted by molar-refractivity contribution is -0.207. The molecule has 0 saturated heterocycles. The van der Waals surface area contributed by atoms with Gasteiger partial charge in [-0.05, 0) is 97.7 Å². The predicted molar refractivity (Wildman–Crippen MR) is 124 cm³/mol. The Labute approximate surface area is 194 Å². The number of hydrogen-bond acceptors (Lipinski definition) is 4. The van der Waals surface area contributed by atoms with Gasteiger partial charge in [-0.1, -0.05) is 40.5 Å². The van der Waals surface area contributed by atoms with Crippen LogP contribution in [0.2, 0.25) is 0 Å². The van der Waals surface area contributed by atoms with Crippen molar-refractivity contribution in [2.24, 2.45) is 52.3 Å². The molecule has 12 atom stereocenters. The smallest absolute Gasteiger partial charge is 0.306 e. The summed E-state index contributed by atoms with van der Waals surface area (Å²) < 4.78 is 0. The fraction of sp³-hybridized carbons (Fsp3) is 0.963. The van der Waals surface area contributed by atoms with Crippen molar-refractivity contribution in [3.63, 3.8) is 0 Å². The first kappa shape index (κ1) is 24.5. The molecule has 0 heterocycles. The van der Waals surface area contributed by atoms with Crippen LogP contribution in [0.1, 0.15) is 91.9 Å². The zero-order valence-electron chi connectivity index (χ0n) is 20.5. The summed E-state index contributed by atoms with van der Waals surface area (Å²) in [6.45, 7) is 8.74. The Balaban J connectivity index is 1.51. The van der Waals surface area contributed by atoms with Crippen molar-refractivity contribution in [2.45, 2.75) is 110 Å². The third kappa shape index (κ3) is 3.84. The lowest BCUT2D eigenvalue weighted by atomic mass is 9.43. The Morgan fingerprint density at radius 3 is 2.38 bits per heavy atom. The minimum atomic E-state index is -0.715. The summed E-state index contributed by atoms with van der Waals surface area (Å²) in [5, 5.41) is 42.4. The van der Waals surface area contributed by atoms with Crippen molar-refractivity contribution in [3.8, 4) is 0 Å². The Morgan fingerprint density at radius 1 is 0.969 bits per heavy atom. The van der Waals surface area contributed by atoms with Crippen LogP contribution in [0, 0.1) is 52.3 Å². The standard InChI is InChI=1S/C27H46O5/c1-15(6-5-7-16(2)25(31)32)19-8-9-20-24-21(14-23(30)27(19,20)4)26(3)11-10-18(28)12-17(26)13-22(24)29/h15-24,28-30H,5-14H2,1-4H3,(H,31,32)/t15-,16?,17?,18?,19-,20?,21?,22?,23?,24?,26+,27-/m1/s1. The van der Waals surface area contributed by atoms with Gasteiger partial charge in [0, 0.05) is 0 Å². The molecule has 0 aliphatic heterocycles. The highest BCUT2D eigenvalue weighted by Crippen LogP contribution is 2.68. The fourth-order valence-corrected chi connectivity index (χ4v) is 9.20. The maximum atomic E-state index is 11.6. The van der Waals surface area contributed by atoms with Crippen LogP contribution in [-0.2, 0) is 4.79 Å². The highest BCUT2D eigenvalue weighted by atomic mass is 16.4. The van der Waals surface area contributed by atoms with Crippen LogP contribution >= 0.6 is 0 Å². The van der Waals surface area contributed by atoms with Crippen LogP contribution in [0.5, 0.6) is 0 Å². The maximum absolute atomic E-state index is 11.6. The number of rotatable bonds is 6.